The summed E-state index contributed by atoms with van der Waals surface area (Å²) in [4.78, 5) is 12.5. The molecule has 1 aliphatic carbocycles. The molecule has 1 fully saturated rings. The lowest BCUT2D eigenvalue weighted by Crippen LogP contribution is -2.24. The lowest BCUT2D eigenvalue weighted by Gasteiger charge is -2.18. The molecule has 5 nitrogen and oxygen atoms in total. The standard InChI is InChI=1S/C22H19ClF2IN3O2S/c1-11-7-19(21(29(2)22(11)30)27-18-6-4-13(26)9-17(18)25)28-32(31)20-10-15(20)14-5-3-12(23)8-16(14)24/h3-9,15,20,27-28H,10H2,1-2H3. The van der Waals surface area contributed by atoms with Crippen LogP contribution in [0.3, 0.4) is 0 Å². The van der Waals surface area contributed by atoms with Gasteiger partial charge in [-0.25, -0.2) is 13.0 Å². The van der Waals surface area contributed by atoms with Crippen LogP contribution in [0.25, 0.3) is 0 Å². The van der Waals surface area contributed by atoms with E-state index in [1.54, 1.807) is 44.3 Å². The zero-order chi connectivity index (χ0) is 23.2. The fourth-order valence-electron chi connectivity index (χ4n) is 3.56. The van der Waals surface area contributed by atoms with E-state index in [2.05, 4.69) is 10.0 Å². The molecule has 3 aromatic rings. The van der Waals surface area contributed by atoms with Crippen molar-refractivity contribution in [2.75, 3.05) is 10.0 Å². The molecule has 0 spiro atoms. The monoisotopic (exact) mass is 589 g/mol. The molecule has 1 aromatic heterocycles. The lowest BCUT2D eigenvalue weighted by atomic mass is 10.1. The Kier molecular flexibility index (Phi) is 6.60. The number of benzene rings is 2. The van der Waals surface area contributed by atoms with Gasteiger partial charge >= 0.3 is 0 Å². The summed E-state index contributed by atoms with van der Waals surface area (Å²) in [6.07, 6.45) is 0.553. The Morgan fingerprint density at radius 2 is 1.88 bits per heavy atom. The second-order valence-electron chi connectivity index (χ2n) is 7.65. The van der Waals surface area contributed by atoms with Crippen LogP contribution >= 0.6 is 34.2 Å². The SMILES string of the molecule is Cc1cc(NS(=O)C2CC2c2ccc(Cl)cc2F)c(Nc2ccc(I)cc2F)n(C)c1=O. The first-order valence-electron chi connectivity index (χ1n) is 9.70. The number of aromatic nitrogens is 1. The fraction of sp³-hybridized carbons (Fsp3) is 0.227. The van der Waals surface area contributed by atoms with Gasteiger partial charge < -0.3 is 10.0 Å². The van der Waals surface area contributed by atoms with E-state index in [9.17, 15) is 17.8 Å². The quantitative estimate of drug-likeness (QED) is 0.368. The molecule has 168 valence electrons. The largest absolute Gasteiger partial charge is 0.337 e. The summed E-state index contributed by atoms with van der Waals surface area (Å²) in [5.41, 5.74) is 1.23. The second kappa shape index (κ2) is 9.11. The highest BCUT2D eigenvalue weighted by Gasteiger charge is 2.45. The minimum absolute atomic E-state index is 0.186. The summed E-state index contributed by atoms with van der Waals surface area (Å²) in [6.45, 7) is 1.65. The molecule has 1 aliphatic rings. The molecule has 0 saturated heterocycles. The first kappa shape index (κ1) is 23.2. The van der Waals surface area contributed by atoms with Gasteiger partial charge in [-0.05, 0) is 77.9 Å². The van der Waals surface area contributed by atoms with Gasteiger partial charge in [0.1, 0.15) is 28.4 Å². The molecular formula is C22H19ClF2IN3O2S. The van der Waals surface area contributed by atoms with Crippen molar-refractivity contribution in [1.29, 1.82) is 0 Å². The van der Waals surface area contributed by atoms with Crippen LogP contribution in [0.5, 0.6) is 0 Å². The molecule has 2 aromatic carbocycles. The Morgan fingerprint density at radius 1 is 1.12 bits per heavy atom. The van der Waals surface area contributed by atoms with Crippen LogP contribution in [-0.2, 0) is 18.0 Å². The number of halogens is 4. The van der Waals surface area contributed by atoms with E-state index in [1.807, 2.05) is 22.6 Å². The van der Waals surface area contributed by atoms with Gasteiger partial charge in [-0.15, -0.1) is 0 Å². The molecule has 32 heavy (non-hydrogen) atoms. The maximum Gasteiger partial charge on any atom is 0.254 e. The van der Waals surface area contributed by atoms with Crippen LogP contribution < -0.4 is 15.6 Å². The summed E-state index contributed by atoms with van der Waals surface area (Å²) < 4.78 is 46.7. The first-order chi connectivity index (χ1) is 15.2. The van der Waals surface area contributed by atoms with Crippen molar-refractivity contribution in [1.82, 2.24) is 4.57 Å². The third-order valence-corrected chi connectivity index (χ3v) is 7.76. The van der Waals surface area contributed by atoms with E-state index < -0.39 is 22.6 Å². The van der Waals surface area contributed by atoms with Crippen LogP contribution in [0.2, 0.25) is 5.02 Å². The van der Waals surface area contributed by atoms with Crippen molar-refractivity contribution in [3.05, 3.63) is 84.2 Å². The minimum atomic E-state index is -1.56. The number of nitrogens with one attached hydrogen (secondary N) is 2. The molecule has 4 rings (SSSR count). The van der Waals surface area contributed by atoms with Gasteiger partial charge in [0.15, 0.2) is 0 Å². The Labute approximate surface area is 204 Å². The molecule has 0 radical (unpaired) electrons. The Bertz CT molecular complexity index is 1300. The van der Waals surface area contributed by atoms with Gasteiger partial charge in [0.25, 0.3) is 5.56 Å². The van der Waals surface area contributed by atoms with Crippen LogP contribution in [0.4, 0.5) is 26.0 Å². The summed E-state index contributed by atoms with van der Waals surface area (Å²) in [5, 5.41) is 2.95. The Balaban J connectivity index is 1.61. The van der Waals surface area contributed by atoms with E-state index in [1.165, 1.54) is 16.7 Å². The van der Waals surface area contributed by atoms with Gasteiger partial charge in [0.2, 0.25) is 0 Å². The van der Waals surface area contributed by atoms with Gasteiger partial charge in [0, 0.05) is 27.1 Å². The minimum Gasteiger partial charge on any atom is -0.337 e. The number of aryl methyl sites for hydroxylation is 1. The second-order valence-corrected chi connectivity index (χ2v) is 10.7. The normalized spacial score (nSPS) is 18.3. The van der Waals surface area contributed by atoms with Crippen molar-refractivity contribution in [3.63, 3.8) is 0 Å². The Hall–Kier alpha value is -1.98. The highest BCUT2D eigenvalue weighted by atomic mass is 127. The van der Waals surface area contributed by atoms with Crippen molar-refractivity contribution in [3.8, 4) is 0 Å². The van der Waals surface area contributed by atoms with Crippen LogP contribution in [-0.4, -0.2) is 14.0 Å². The molecule has 3 unspecified atom stereocenters. The van der Waals surface area contributed by atoms with E-state index in [-0.39, 0.29) is 28.2 Å². The highest BCUT2D eigenvalue weighted by Crippen LogP contribution is 2.46. The topological polar surface area (TPSA) is 63.1 Å². The van der Waals surface area contributed by atoms with Crippen molar-refractivity contribution < 1.29 is 13.0 Å². The summed E-state index contributed by atoms with van der Waals surface area (Å²) >= 11 is 7.83. The summed E-state index contributed by atoms with van der Waals surface area (Å²) in [7, 11) is -0.00127. The number of hydrogen-bond acceptors (Lipinski definition) is 3. The van der Waals surface area contributed by atoms with Gasteiger partial charge in [0.05, 0.1) is 16.6 Å². The van der Waals surface area contributed by atoms with Gasteiger partial charge in [-0.2, -0.15) is 0 Å². The number of pyridine rings is 1. The summed E-state index contributed by atoms with van der Waals surface area (Å²) in [6, 6.07) is 10.7. The molecule has 0 bridgehead atoms. The number of nitrogens with zero attached hydrogens (tertiary/aromatic N) is 1. The zero-order valence-electron chi connectivity index (χ0n) is 17.1. The van der Waals surface area contributed by atoms with Crippen LogP contribution in [0.1, 0.15) is 23.5 Å². The molecule has 2 N–H and O–H groups in total. The average Bonchev–Trinajstić information content (AvgIpc) is 3.51. The predicted octanol–water partition coefficient (Wildman–Crippen LogP) is 5.61. The summed E-state index contributed by atoms with van der Waals surface area (Å²) in [5.74, 6) is -0.808. The van der Waals surface area contributed by atoms with Gasteiger partial charge in [-0.1, -0.05) is 17.7 Å². The number of anilines is 3. The van der Waals surface area contributed by atoms with E-state index in [0.717, 1.165) is 3.57 Å². The van der Waals surface area contributed by atoms with Crippen molar-refractivity contribution >= 4 is 62.4 Å². The molecule has 0 amide bonds. The van der Waals surface area contributed by atoms with Gasteiger partial charge in [-0.3, -0.25) is 9.36 Å². The molecule has 3 atom stereocenters. The molecule has 0 aliphatic heterocycles. The highest BCUT2D eigenvalue weighted by molar-refractivity contribution is 14.1. The molecule has 1 heterocycles. The third-order valence-electron chi connectivity index (χ3n) is 5.36. The van der Waals surface area contributed by atoms with E-state index in [0.29, 0.717) is 28.3 Å². The molecule has 1 saturated carbocycles. The zero-order valence-corrected chi connectivity index (χ0v) is 20.8. The van der Waals surface area contributed by atoms with Crippen molar-refractivity contribution in [2.45, 2.75) is 24.5 Å². The van der Waals surface area contributed by atoms with Crippen LogP contribution in [0, 0.1) is 22.1 Å². The maximum absolute atomic E-state index is 14.4. The fourth-order valence-corrected chi connectivity index (χ4v) is 5.53. The molecule has 10 heteroatoms. The smallest absolute Gasteiger partial charge is 0.254 e. The maximum atomic E-state index is 14.4. The van der Waals surface area contributed by atoms with Crippen molar-refractivity contribution in [2.24, 2.45) is 7.05 Å². The average molecular weight is 590 g/mol. The number of rotatable bonds is 6. The first-order valence-corrected chi connectivity index (χ1v) is 12.4. The lowest BCUT2D eigenvalue weighted by molar-refractivity contribution is 0.611. The molecular weight excluding hydrogens is 571 g/mol. The predicted molar refractivity (Wildman–Crippen MR) is 133 cm³/mol. The van der Waals surface area contributed by atoms with Crippen LogP contribution in [0.15, 0.2) is 47.3 Å². The third kappa shape index (κ3) is 4.69. The number of hydrogen-bond donors (Lipinski definition) is 2. The van der Waals surface area contributed by atoms with E-state index >= 15 is 0 Å². The van der Waals surface area contributed by atoms with E-state index in [4.69, 9.17) is 11.6 Å². The Morgan fingerprint density at radius 3 is 2.56 bits per heavy atom.